The van der Waals surface area contributed by atoms with Crippen molar-refractivity contribution in [2.24, 2.45) is 12.2 Å². The monoisotopic (exact) mass is 529 g/mol. The van der Waals surface area contributed by atoms with E-state index in [9.17, 15) is 24.7 Å². The molecule has 16 heteroatoms. The van der Waals surface area contributed by atoms with E-state index in [2.05, 4.69) is 20.4 Å². The number of carbonyl (C=O) groups is 3. The minimum Gasteiger partial charge on any atom is -0.477 e. The summed E-state index contributed by atoms with van der Waals surface area (Å²) in [4.78, 5) is 47.3. The Labute approximate surface area is 203 Å². The number of hydrogen-bond acceptors (Lipinski definition) is 11. The highest BCUT2D eigenvalue weighted by Crippen LogP contribution is 2.45. The summed E-state index contributed by atoms with van der Waals surface area (Å²) in [7, 11) is 1.83. The molecule has 174 valence electrons. The molecule has 12 nitrogen and oxygen atoms in total. The van der Waals surface area contributed by atoms with Gasteiger partial charge in [0.1, 0.15) is 38.0 Å². The van der Waals surface area contributed by atoms with Gasteiger partial charge < -0.3 is 25.9 Å². The standard InChI is InChI=1S/C17H16ClN7O5S3/c1-5-20-7(3-24(5)2)32-6-4-31-15-10(14(27)25(15)11(6)16(28)29)21-13(26)9(23-30)8-12(18)33-17(19)22-8/h3,10,15,30H,4H2,1-2H3,(H2,19,22)(H,21,26)(H,28,29)/b23-9+/t10-,15-/m1/s1. The quantitative estimate of drug-likeness (QED) is 0.183. The molecule has 0 aliphatic carbocycles. The van der Waals surface area contributed by atoms with E-state index >= 15 is 0 Å². The maximum atomic E-state index is 12.8. The van der Waals surface area contributed by atoms with Crippen molar-refractivity contribution in [1.29, 1.82) is 0 Å². The molecule has 2 aliphatic heterocycles. The smallest absolute Gasteiger partial charge is 0.353 e. The molecule has 33 heavy (non-hydrogen) atoms. The number of nitrogens with two attached hydrogens (primary N) is 1. The van der Waals surface area contributed by atoms with E-state index in [-0.39, 0.29) is 20.9 Å². The number of aliphatic carboxylic acids is 1. The molecule has 0 spiro atoms. The summed E-state index contributed by atoms with van der Waals surface area (Å²) in [6.45, 7) is 1.82. The van der Waals surface area contributed by atoms with Crippen molar-refractivity contribution in [2.75, 3.05) is 11.5 Å². The first-order valence-corrected chi connectivity index (χ1v) is 12.2. The molecular weight excluding hydrogens is 514 g/mol. The van der Waals surface area contributed by atoms with Crippen LogP contribution in [0.3, 0.4) is 0 Å². The third kappa shape index (κ3) is 4.16. The number of halogens is 1. The molecule has 0 saturated carbocycles. The number of hydrogen-bond donors (Lipinski definition) is 4. The Hall–Kier alpha value is -2.75. The molecule has 2 atom stereocenters. The van der Waals surface area contributed by atoms with Crippen LogP contribution in [0.4, 0.5) is 5.13 Å². The molecule has 4 heterocycles. The van der Waals surface area contributed by atoms with Crippen LogP contribution in [-0.4, -0.2) is 70.4 Å². The van der Waals surface area contributed by atoms with Crippen molar-refractivity contribution in [3.05, 3.63) is 32.7 Å². The zero-order chi connectivity index (χ0) is 24.0. The number of rotatable bonds is 6. The van der Waals surface area contributed by atoms with Crippen molar-refractivity contribution in [2.45, 2.75) is 23.4 Å². The first-order chi connectivity index (χ1) is 15.6. The minimum absolute atomic E-state index is 0.0478. The van der Waals surface area contributed by atoms with Crippen molar-refractivity contribution < 1.29 is 24.7 Å². The fourth-order valence-corrected chi connectivity index (χ4v) is 6.73. The number of imidazole rings is 1. The second-order valence-corrected chi connectivity index (χ2v) is 10.8. The molecule has 2 amide bonds. The number of oxime groups is 1. The molecule has 4 rings (SSSR count). The highest BCUT2D eigenvalue weighted by atomic mass is 35.5. The molecule has 0 bridgehead atoms. The Morgan fingerprint density at radius 1 is 1.42 bits per heavy atom. The second kappa shape index (κ2) is 8.89. The number of fused-ring (bicyclic) bond motifs is 1. The molecular formula is C17H16ClN7O5S3. The first kappa shape index (κ1) is 23.4. The summed E-state index contributed by atoms with van der Waals surface area (Å²) in [5, 5.41) is 24.5. The van der Waals surface area contributed by atoms with Crippen LogP contribution in [0.5, 0.6) is 0 Å². The van der Waals surface area contributed by atoms with Crippen LogP contribution in [0, 0.1) is 6.92 Å². The fourth-order valence-electron chi connectivity index (χ4n) is 3.24. The van der Waals surface area contributed by atoms with Gasteiger partial charge in [0.2, 0.25) is 0 Å². The predicted octanol–water partition coefficient (Wildman–Crippen LogP) is 1.09. The molecule has 1 saturated heterocycles. The van der Waals surface area contributed by atoms with E-state index in [1.165, 1.54) is 23.5 Å². The maximum Gasteiger partial charge on any atom is 0.353 e. The number of aromatic nitrogens is 3. The third-order valence-corrected chi connectivity index (χ3v) is 8.41. The van der Waals surface area contributed by atoms with Gasteiger partial charge in [0.15, 0.2) is 10.8 Å². The Balaban J connectivity index is 1.54. The van der Waals surface area contributed by atoms with Crippen molar-refractivity contribution in [3.8, 4) is 0 Å². The van der Waals surface area contributed by atoms with Crippen LogP contribution in [0.25, 0.3) is 0 Å². The number of anilines is 1. The van der Waals surface area contributed by atoms with Gasteiger partial charge in [0, 0.05) is 23.9 Å². The van der Waals surface area contributed by atoms with Crippen molar-refractivity contribution in [3.63, 3.8) is 0 Å². The maximum absolute atomic E-state index is 12.8. The van der Waals surface area contributed by atoms with E-state index < -0.39 is 34.9 Å². The number of carboxylic acid groups (broad SMARTS) is 1. The van der Waals surface area contributed by atoms with E-state index in [0.29, 0.717) is 15.7 Å². The van der Waals surface area contributed by atoms with Crippen LogP contribution in [0.2, 0.25) is 4.34 Å². The number of thioether (sulfide) groups is 2. The summed E-state index contributed by atoms with van der Waals surface area (Å²) < 4.78 is 1.86. The minimum atomic E-state index is -1.25. The number of nitrogen functional groups attached to an aromatic ring is 1. The number of carbonyl (C=O) groups excluding carboxylic acids is 2. The van der Waals surface area contributed by atoms with Crippen LogP contribution < -0.4 is 11.1 Å². The van der Waals surface area contributed by atoms with Crippen LogP contribution in [-0.2, 0) is 21.4 Å². The van der Waals surface area contributed by atoms with Crippen molar-refractivity contribution >= 4 is 75.1 Å². The Morgan fingerprint density at radius 3 is 2.70 bits per heavy atom. The molecule has 5 N–H and O–H groups in total. The van der Waals surface area contributed by atoms with E-state index in [1.807, 2.05) is 18.5 Å². The Morgan fingerprint density at radius 2 is 2.15 bits per heavy atom. The van der Waals surface area contributed by atoms with Gasteiger partial charge in [-0.05, 0) is 6.92 Å². The lowest BCUT2D eigenvalue weighted by Crippen LogP contribution is -2.71. The SMILES string of the molecule is Cc1nc(SC2=C(C(=O)O)N3C(=O)[C@@H](NC(=O)/C(=N/O)c4nc(N)sc4Cl)[C@H]3SC2)cn1C. The topological polar surface area (TPSA) is 176 Å². The summed E-state index contributed by atoms with van der Waals surface area (Å²) in [5.74, 6) is -1.68. The summed E-state index contributed by atoms with van der Waals surface area (Å²) >= 11 is 9.36. The number of carboxylic acids is 1. The molecule has 1 fully saturated rings. The lowest BCUT2D eigenvalue weighted by Gasteiger charge is -2.49. The third-order valence-electron chi connectivity index (χ3n) is 4.88. The summed E-state index contributed by atoms with van der Waals surface area (Å²) in [6.07, 6.45) is 1.77. The van der Waals surface area contributed by atoms with Gasteiger partial charge >= 0.3 is 5.97 Å². The number of thiazole rings is 1. The van der Waals surface area contributed by atoms with Gasteiger partial charge in [-0.3, -0.25) is 14.5 Å². The molecule has 0 unspecified atom stereocenters. The van der Waals surface area contributed by atoms with Gasteiger partial charge in [-0.1, -0.05) is 39.9 Å². The van der Waals surface area contributed by atoms with Gasteiger partial charge in [0.25, 0.3) is 11.8 Å². The van der Waals surface area contributed by atoms with Crippen LogP contribution >= 0.6 is 46.5 Å². The molecule has 0 aromatic carbocycles. The van der Waals surface area contributed by atoms with Gasteiger partial charge in [-0.15, -0.1) is 11.8 Å². The van der Waals surface area contributed by atoms with Crippen molar-refractivity contribution in [1.82, 2.24) is 24.8 Å². The fraction of sp³-hybridized carbons (Fsp3) is 0.294. The zero-order valence-corrected chi connectivity index (χ0v) is 20.2. The van der Waals surface area contributed by atoms with Gasteiger partial charge in [-0.25, -0.2) is 14.8 Å². The Bertz CT molecular complexity index is 1220. The molecule has 2 aliphatic rings. The lowest BCUT2D eigenvalue weighted by atomic mass is 10.0. The van der Waals surface area contributed by atoms with Gasteiger partial charge in [0.05, 0.1) is 0 Å². The molecule has 0 radical (unpaired) electrons. The second-order valence-electron chi connectivity index (χ2n) is 6.90. The van der Waals surface area contributed by atoms with E-state index in [4.69, 9.17) is 17.3 Å². The number of aryl methyl sites for hydroxylation is 2. The summed E-state index contributed by atoms with van der Waals surface area (Å²) in [6, 6.07) is -1.02. The average molecular weight is 530 g/mol. The highest BCUT2D eigenvalue weighted by molar-refractivity contribution is 8.06. The van der Waals surface area contributed by atoms with E-state index in [0.717, 1.165) is 22.1 Å². The van der Waals surface area contributed by atoms with Crippen LogP contribution in [0.15, 0.2) is 27.0 Å². The van der Waals surface area contributed by atoms with E-state index in [1.54, 1.807) is 6.20 Å². The summed E-state index contributed by atoms with van der Waals surface area (Å²) in [5.41, 5.74) is 4.80. The number of nitrogens with one attached hydrogen (secondary N) is 1. The average Bonchev–Trinajstić information content (AvgIpc) is 3.25. The lowest BCUT2D eigenvalue weighted by molar-refractivity contribution is -0.150. The number of β-lactam (4-membered cyclic amide) rings is 1. The predicted molar refractivity (Wildman–Crippen MR) is 123 cm³/mol. The zero-order valence-electron chi connectivity index (χ0n) is 17.0. The van der Waals surface area contributed by atoms with Gasteiger partial charge in [-0.2, -0.15) is 0 Å². The first-order valence-electron chi connectivity index (χ1n) is 9.16. The largest absolute Gasteiger partial charge is 0.477 e. The molecule has 2 aromatic heterocycles. The normalized spacial score (nSPS) is 20.5. The van der Waals surface area contributed by atoms with Crippen LogP contribution in [0.1, 0.15) is 11.5 Å². The number of nitrogens with zero attached hydrogens (tertiary/aromatic N) is 5. The number of amides is 2. The molecule has 2 aromatic rings. The Kier molecular flexibility index (Phi) is 6.30. The highest BCUT2D eigenvalue weighted by Gasteiger charge is 2.54.